The summed E-state index contributed by atoms with van der Waals surface area (Å²) in [5.74, 6) is 0.310. The maximum Gasteiger partial charge on any atom is 0.311 e. The lowest BCUT2D eigenvalue weighted by Crippen LogP contribution is -2.46. The van der Waals surface area contributed by atoms with E-state index in [0.717, 1.165) is 24.3 Å². The van der Waals surface area contributed by atoms with Gasteiger partial charge in [-0.2, -0.15) is 0 Å². The second-order valence-electron chi connectivity index (χ2n) is 7.33. The van der Waals surface area contributed by atoms with Crippen molar-refractivity contribution in [2.45, 2.75) is 25.7 Å². The zero-order valence-electron chi connectivity index (χ0n) is 15.2. The summed E-state index contributed by atoms with van der Waals surface area (Å²) in [6, 6.07) is 3.36. The van der Waals surface area contributed by atoms with E-state index in [9.17, 15) is 10.1 Å². The summed E-state index contributed by atoms with van der Waals surface area (Å²) in [5.41, 5.74) is 2.25. The molecule has 1 aromatic rings. The third-order valence-corrected chi connectivity index (χ3v) is 5.96. The fraction of sp³-hybridized carbons (Fsp3) is 0.579. The summed E-state index contributed by atoms with van der Waals surface area (Å²) >= 11 is 0. The van der Waals surface area contributed by atoms with Gasteiger partial charge in [0, 0.05) is 36.5 Å². The van der Waals surface area contributed by atoms with Crippen LogP contribution in [0.25, 0.3) is 6.08 Å². The zero-order valence-corrected chi connectivity index (χ0v) is 15.2. The first-order chi connectivity index (χ1) is 12.0. The van der Waals surface area contributed by atoms with E-state index in [1.807, 2.05) is 0 Å². The maximum atomic E-state index is 11.2. The minimum atomic E-state index is -0.403. The molecule has 0 aromatic heterocycles. The molecule has 0 unspecified atom stereocenters. The molecule has 2 fully saturated rings. The smallest absolute Gasteiger partial charge is 0.311 e. The standard InChI is InChI=1S/C19H27N3O3/c1-4-15-13-17(22(23)24)18(25-3)14-16(15)21-11-7-19(8-12-21)5-9-20(2)10-6-19/h4,13-14H,1,5-12H2,2-3H3. The van der Waals surface area contributed by atoms with Crippen LogP contribution in [0.1, 0.15) is 31.2 Å². The van der Waals surface area contributed by atoms with E-state index in [-0.39, 0.29) is 5.69 Å². The largest absolute Gasteiger partial charge is 0.490 e. The second kappa shape index (κ2) is 7.04. The molecular weight excluding hydrogens is 318 g/mol. The van der Waals surface area contributed by atoms with Crippen molar-refractivity contribution < 1.29 is 9.66 Å². The molecule has 0 N–H and O–H groups in total. The van der Waals surface area contributed by atoms with Gasteiger partial charge >= 0.3 is 5.69 Å². The molecule has 2 heterocycles. The first kappa shape index (κ1) is 17.7. The molecule has 0 atom stereocenters. The lowest BCUT2D eigenvalue weighted by molar-refractivity contribution is -0.385. The van der Waals surface area contributed by atoms with Crippen LogP contribution < -0.4 is 9.64 Å². The van der Waals surface area contributed by atoms with Crippen LogP contribution in [0.3, 0.4) is 0 Å². The Morgan fingerprint density at radius 3 is 2.32 bits per heavy atom. The van der Waals surface area contributed by atoms with Gasteiger partial charge in [-0.25, -0.2) is 0 Å². The Bertz CT molecular complexity index is 656. The van der Waals surface area contributed by atoms with Gasteiger partial charge in [-0.15, -0.1) is 0 Å². The highest BCUT2D eigenvalue weighted by Gasteiger charge is 2.37. The highest BCUT2D eigenvalue weighted by atomic mass is 16.6. The number of hydrogen-bond donors (Lipinski definition) is 0. The molecule has 0 saturated carbocycles. The van der Waals surface area contributed by atoms with Crippen LogP contribution in [0, 0.1) is 15.5 Å². The number of ether oxygens (including phenoxy) is 1. The van der Waals surface area contributed by atoms with Crippen LogP contribution >= 0.6 is 0 Å². The van der Waals surface area contributed by atoms with E-state index in [1.165, 1.54) is 45.9 Å². The number of methoxy groups -OCH3 is 1. The van der Waals surface area contributed by atoms with Gasteiger partial charge in [0.25, 0.3) is 0 Å². The van der Waals surface area contributed by atoms with Gasteiger partial charge in [0.1, 0.15) is 0 Å². The number of nitro groups is 1. The minimum absolute atomic E-state index is 0.00931. The Balaban J connectivity index is 1.81. The number of rotatable bonds is 4. The van der Waals surface area contributed by atoms with Crippen molar-refractivity contribution in [1.29, 1.82) is 0 Å². The first-order valence-electron chi connectivity index (χ1n) is 8.90. The van der Waals surface area contributed by atoms with Crippen molar-refractivity contribution >= 4 is 17.5 Å². The molecule has 0 amide bonds. The summed E-state index contributed by atoms with van der Waals surface area (Å²) in [4.78, 5) is 15.6. The van der Waals surface area contributed by atoms with Crippen LogP contribution in [0.4, 0.5) is 11.4 Å². The summed E-state index contributed by atoms with van der Waals surface area (Å²) in [6.45, 7) is 8.16. The van der Waals surface area contributed by atoms with Gasteiger partial charge in [0.2, 0.25) is 0 Å². The van der Waals surface area contributed by atoms with Crippen LogP contribution in [0.5, 0.6) is 5.75 Å². The molecule has 2 saturated heterocycles. The fourth-order valence-electron chi connectivity index (χ4n) is 4.13. The van der Waals surface area contributed by atoms with Crippen LogP contribution in [0.2, 0.25) is 0 Å². The van der Waals surface area contributed by atoms with E-state index < -0.39 is 4.92 Å². The highest BCUT2D eigenvalue weighted by molar-refractivity contribution is 5.73. The first-order valence-corrected chi connectivity index (χ1v) is 8.90. The molecule has 25 heavy (non-hydrogen) atoms. The number of nitrogens with zero attached hydrogens (tertiary/aromatic N) is 3. The zero-order chi connectivity index (χ0) is 18.0. The van der Waals surface area contributed by atoms with Crippen molar-refractivity contribution in [1.82, 2.24) is 4.90 Å². The number of nitro benzene ring substituents is 1. The average molecular weight is 345 g/mol. The predicted molar refractivity (Wildman–Crippen MR) is 100 cm³/mol. The lowest BCUT2D eigenvalue weighted by atomic mass is 9.71. The molecule has 6 nitrogen and oxygen atoms in total. The van der Waals surface area contributed by atoms with E-state index in [2.05, 4.69) is 23.4 Å². The highest BCUT2D eigenvalue weighted by Crippen LogP contribution is 2.43. The number of anilines is 1. The quantitative estimate of drug-likeness (QED) is 0.617. The predicted octanol–water partition coefficient (Wildman–Crippen LogP) is 3.56. The molecule has 2 aliphatic heterocycles. The van der Waals surface area contributed by atoms with E-state index in [0.29, 0.717) is 11.2 Å². The molecule has 0 bridgehead atoms. The van der Waals surface area contributed by atoms with E-state index in [1.54, 1.807) is 18.2 Å². The molecule has 3 rings (SSSR count). The Kier molecular flexibility index (Phi) is 4.99. The molecule has 0 aliphatic carbocycles. The number of hydrogen-bond acceptors (Lipinski definition) is 5. The van der Waals surface area contributed by atoms with Crippen molar-refractivity contribution in [3.8, 4) is 5.75 Å². The lowest BCUT2D eigenvalue weighted by Gasteiger charge is -2.47. The number of benzene rings is 1. The summed E-state index contributed by atoms with van der Waals surface area (Å²) in [7, 11) is 3.67. The summed E-state index contributed by atoms with van der Waals surface area (Å²) < 4.78 is 5.25. The van der Waals surface area contributed by atoms with E-state index in [4.69, 9.17) is 4.74 Å². The SMILES string of the molecule is C=Cc1cc([N+](=O)[O-])c(OC)cc1N1CCC2(CCN(C)CC2)CC1. The molecule has 136 valence electrons. The molecular formula is C19H27N3O3. The molecule has 0 radical (unpaired) electrons. The van der Waals surface area contributed by atoms with Crippen LogP contribution in [0.15, 0.2) is 18.7 Å². The van der Waals surface area contributed by atoms with Gasteiger partial charge in [-0.05, 0) is 51.2 Å². The Labute approximate surface area is 149 Å². The summed E-state index contributed by atoms with van der Waals surface area (Å²) in [5, 5.41) is 11.2. The average Bonchev–Trinajstić information content (AvgIpc) is 2.64. The Hall–Kier alpha value is -2.08. The van der Waals surface area contributed by atoms with Gasteiger partial charge in [0.15, 0.2) is 5.75 Å². The third-order valence-electron chi connectivity index (χ3n) is 5.96. The van der Waals surface area contributed by atoms with Crippen molar-refractivity contribution in [3.63, 3.8) is 0 Å². The van der Waals surface area contributed by atoms with Gasteiger partial charge in [0.05, 0.1) is 12.0 Å². The third kappa shape index (κ3) is 3.49. The molecule has 1 aromatic carbocycles. The fourth-order valence-corrected chi connectivity index (χ4v) is 4.13. The van der Waals surface area contributed by atoms with Crippen molar-refractivity contribution in [2.75, 3.05) is 45.2 Å². The normalized spacial score (nSPS) is 20.5. The minimum Gasteiger partial charge on any atom is -0.490 e. The van der Waals surface area contributed by atoms with Gasteiger partial charge in [-0.1, -0.05) is 12.7 Å². The van der Waals surface area contributed by atoms with Crippen molar-refractivity contribution in [2.24, 2.45) is 5.41 Å². The van der Waals surface area contributed by atoms with Gasteiger partial charge < -0.3 is 14.5 Å². The van der Waals surface area contributed by atoms with Crippen molar-refractivity contribution in [3.05, 3.63) is 34.4 Å². The molecule has 6 heteroatoms. The second-order valence-corrected chi connectivity index (χ2v) is 7.33. The van der Waals surface area contributed by atoms with Gasteiger partial charge in [-0.3, -0.25) is 10.1 Å². The van der Waals surface area contributed by atoms with E-state index >= 15 is 0 Å². The number of piperidine rings is 2. The van der Waals surface area contributed by atoms with Crippen LogP contribution in [-0.2, 0) is 0 Å². The monoisotopic (exact) mass is 345 g/mol. The topological polar surface area (TPSA) is 58.9 Å². The summed E-state index contributed by atoms with van der Waals surface area (Å²) in [6.07, 6.45) is 6.60. The molecule has 1 spiro atoms. The maximum absolute atomic E-state index is 11.2. The Morgan fingerprint density at radius 2 is 1.80 bits per heavy atom. The Morgan fingerprint density at radius 1 is 1.20 bits per heavy atom. The number of likely N-dealkylation sites (tertiary alicyclic amines) is 1. The van der Waals surface area contributed by atoms with Crippen LogP contribution in [-0.4, -0.2) is 50.2 Å². The molecule has 2 aliphatic rings.